The summed E-state index contributed by atoms with van der Waals surface area (Å²) in [4.78, 5) is 19.5. The van der Waals surface area contributed by atoms with Gasteiger partial charge in [0.1, 0.15) is 11.3 Å². The molecule has 0 aromatic carbocycles. The quantitative estimate of drug-likeness (QED) is 0.827. The van der Waals surface area contributed by atoms with E-state index in [-0.39, 0.29) is 21.9 Å². The van der Waals surface area contributed by atoms with Crippen LogP contribution in [0.5, 0.6) is 0 Å². The molecule has 1 aromatic rings. The Morgan fingerprint density at radius 3 is 2.53 bits per heavy atom. The van der Waals surface area contributed by atoms with E-state index in [0.29, 0.717) is 12.8 Å². The first-order chi connectivity index (χ1) is 7.94. The smallest absolute Gasteiger partial charge is 0.245 e. The van der Waals surface area contributed by atoms with Crippen molar-refractivity contribution in [1.82, 2.24) is 9.97 Å². The molecule has 3 N–H and O–H groups in total. The number of hydrogen-bond donors (Lipinski definition) is 2. The Balaban J connectivity index is 2.92. The Kier molecular flexibility index (Phi) is 4.68. The summed E-state index contributed by atoms with van der Waals surface area (Å²) in [5.41, 5.74) is 5.01. The van der Waals surface area contributed by atoms with Crippen molar-refractivity contribution >= 4 is 34.9 Å². The summed E-state index contributed by atoms with van der Waals surface area (Å²) < 4.78 is 0. The van der Waals surface area contributed by atoms with Gasteiger partial charge in [-0.05, 0) is 12.8 Å². The van der Waals surface area contributed by atoms with Gasteiger partial charge in [0.25, 0.3) is 0 Å². The lowest BCUT2D eigenvalue weighted by molar-refractivity contribution is -0.121. The van der Waals surface area contributed by atoms with E-state index in [2.05, 4.69) is 15.3 Å². The molecule has 0 aliphatic heterocycles. The minimum atomic E-state index is -0.930. The number of nitrogens with one attached hydrogen (secondary N) is 1. The number of nitrogens with two attached hydrogens (primary N) is 1. The number of nitrogens with zero attached hydrogens (tertiary/aromatic N) is 2. The van der Waals surface area contributed by atoms with Crippen LogP contribution in [-0.2, 0) is 4.79 Å². The summed E-state index contributed by atoms with van der Waals surface area (Å²) in [6.07, 6.45) is 2.26. The molecule has 94 valence electrons. The van der Waals surface area contributed by atoms with Crippen molar-refractivity contribution in [3.8, 4) is 0 Å². The van der Waals surface area contributed by atoms with E-state index in [1.54, 1.807) is 0 Å². The predicted octanol–water partition coefficient (Wildman–Crippen LogP) is 2.24. The lowest BCUT2D eigenvalue weighted by atomic mass is 9.93. The molecule has 0 bridgehead atoms. The molecular formula is C10H14Cl2N4O. The van der Waals surface area contributed by atoms with Crippen molar-refractivity contribution in [3.05, 3.63) is 16.5 Å². The van der Waals surface area contributed by atoms with Crippen LogP contribution in [0.1, 0.15) is 26.7 Å². The zero-order valence-electron chi connectivity index (χ0n) is 9.63. The molecule has 5 nitrogen and oxygen atoms in total. The maximum Gasteiger partial charge on any atom is 0.245 e. The summed E-state index contributed by atoms with van der Waals surface area (Å²) in [5, 5.41) is 2.76. The first-order valence-corrected chi connectivity index (χ1v) is 5.96. The van der Waals surface area contributed by atoms with Crippen LogP contribution in [0.2, 0.25) is 10.2 Å². The highest BCUT2D eigenvalue weighted by atomic mass is 35.5. The number of carbonyl (C=O) groups excluding carboxylic acids is 1. The summed E-state index contributed by atoms with van der Waals surface area (Å²) in [7, 11) is 0. The van der Waals surface area contributed by atoms with Gasteiger partial charge in [0, 0.05) is 0 Å². The predicted molar refractivity (Wildman–Crippen MR) is 68.2 cm³/mol. The third-order valence-corrected chi connectivity index (χ3v) is 3.43. The maximum atomic E-state index is 12.0. The molecule has 0 aliphatic carbocycles. The van der Waals surface area contributed by atoms with Gasteiger partial charge in [0.2, 0.25) is 5.91 Å². The maximum absolute atomic E-state index is 12.0. The molecule has 17 heavy (non-hydrogen) atoms. The summed E-state index contributed by atoms with van der Waals surface area (Å²) in [6, 6.07) is 0. The van der Waals surface area contributed by atoms with Gasteiger partial charge < -0.3 is 11.1 Å². The lowest BCUT2D eigenvalue weighted by Gasteiger charge is -2.25. The van der Waals surface area contributed by atoms with Crippen molar-refractivity contribution in [2.24, 2.45) is 5.73 Å². The highest BCUT2D eigenvalue weighted by Gasteiger charge is 2.30. The number of amides is 1. The zero-order chi connectivity index (χ0) is 13.1. The van der Waals surface area contributed by atoms with E-state index in [4.69, 9.17) is 28.9 Å². The molecule has 1 heterocycles. The number of aromatic nitrogens is 2. The third kappa shape index (κ3) is 3.06. The Labute approximate surface area is 110 Å². The SMILES string of the molecule is CCC(N)(CC)C(=O)Nc1ncnc(Cl)c1Cl. The Morgan fingerprint density at radius 1 is 1.41 bits per heavy atom. The standard InChI is InChI=1S/C10H14Cl2N4O/c1-3-10(13,4-2)9(17)16-8-6(11)7(12)14-5-15-8/h5H,3-4,13H2,1-2H3,(H,14,15,16,17). The fourth-order valence-corrected chi connectivity index (χ4v) is 1.52. The highest BCUT2D eigenvalue weighted by Crippen LogP contribution is 2.26. The molecule has 0 fully saturated rings. The van der Waals surface area contributed by atoms with Crippen molar-refractivity contribution in [2.75, 3.05) is 5.32 Å². The molecule has 0 unspecified atom stereocenters. The molecular weight excluding hydrogens is 263 g/mol. The van der Waals surface area contributed by atoms with Crippen molar-refractivity contribution < 1.29 is 4.79 Å². The first-order valence-electron chi connectivity index (χ1n) is 5.21. The molecule has 0 saturated carbocycles. The molecule has 0 atom stereocenters. The topological polar surface area (TPSA) is 80.9 Å². The van der Waals surface area contributed by atoms with E-state index in [0.717, 1.165) is 0 Å². The van der Waals surface area contributed by atoms with Crippen LogP contribution >= 0.6 is 23.2 Å². The van der Waals surface area contributed by atoms with Crippen LogP contribution in [0.4, 0.5) is 5.82 Å². The van der Waals surface area contributed by atoms with Gasteiger partial charge in [0.15, 0.2) is 11.0 Å². The van der Waals surface area contributed by atoms with Crippen LogP contribution in [0.25, 0.3) is 0 Å². The Bertz CT molecular complexity index is 421. The normalized spacial score (nSPS) is 11.4. The summed E-state index contributed by atoms with van der Waals surface area (Å²) >= 11 is 11.6. The second-order valence-corrected chi connectivity index (χ2v) is 4.38. The minimum absolute atomic E-state index is 0.0904. The van der Waals surface area contributed by atoms with Gasteiger partial charge >= 0.3 is 0 Å². The Hall–Kier alpha value is -0.910. The second-order valence-electron chi connectivity index (χ2n) is 3.64. The molecule has 0 spiro atoms. The number of hydrogen-bond acceptors (Lipinski definition) is 4. The van der Waals surface area contributed by atoms with Crippen LogP contribution < -0.4 is 11.1 Å². The number of rotatable bonds is 4. The monoisotopic (exact) mass is 276 g/mol. The number of carbonyl (C=O) groups is 1. The average Bonchev–Trinajstić information content (AvgIpc) is 2.33. The van der Waals surface area contributed by atoms with E-state index in [9.17, 15) is 4.79 Å². The molecule has 0 radical (unpaired) electrons. The van der Waals surface area contributed by atoms with Gasteiger partial charge in [-0.15, -0.1) is 0 Å². The first kappa shape index (κ1) is 14.2. The van der Waals surface area contributed by atoms with Gasteiger partial charge in [-0.2, -0.15) is 0 Å². The molecule has 1 aromatic heterocycles. The lowest BCUT2D eigenvalue weighted by Crippen LogP contribution is -2.50. The molecule has 0 saturated heterocycles. The fraction of sp³-hybridized carbons (Fsp3) is 0.500. The highest BCUT2D eigenvalue weighted by molar-refractivity contribution is 6.43. The van der Waals surface area contributed by atoms with Gasteiger partial charge in [-0.3, -0.25) is 4.79 Å². The largest absolute Gasteiger partial charge is 0.317 e. The van der Waals surface area contributed by atoms with Gasteiger partial charge in [0.05, 0.1) is 5.54 Å². The molecule has 7 heteroatoms. The van der Waals surface area contributed by atoms with Crippen molar-refractivity contribution in [2.45, 2.75) is 32.2 Å². The van der Waals surface area contributed by atoms with E-state index < -0.39 is 5.54 Å². The fourth-order valence-electron chi connectivity index (χ4n) is 1.24. The molecule has 0 aliphatic rings. The van der Waals surface area contributed by atoms with Crippen LogP contribution in [0.15, 0.2) is 6.33 Å². The summed E-state index contributed by atoms with van der Waals surface area (Å²) in [6.45, 7) is 3.69. The van der Waals surface area contributed by atoms with Crippen LogP contribution in [0, 0.1) is 0 Å². The van der Waals surface area contributed by atoms with Crippen LogP contribution in [-0.4, -0.2) is 21.4 Å². The summed E-state index contributed by atoms with van der Waals surface area (Å²) in [5.74, 6) is -0.160. The average molecular weight is 277 g/mol. The minimum Gasteiger partial charge on any atom is -0.317 e. The molecule has 1 amide bonds. The van der Waals surface area contributed by atoms with Crippen LogP contribution in [0.3, 0.4) is 0 Å². The van der Waals surface area contributed by atoms with E-state index >= 15 is 0 Å². The Morgan fingerprint density at radius 2 is 2.00 bits per heavy atom. The number of anilines is 1. The van der Waals surface area contributed by atoms with Crippen molar-refractivity contribution in [3.63, 3.8) is 0 Å². The molecule has 1 rings (SSSR count). The van der Waals surface area contributed by atoms with Crippen molar-refractivity contribution in [1.29, 1.82) is 0 Å². The van der Waals surface area contributed by atoms with Gasteiger partial charge in [-0.25, -0.2) is 9.97 Å². The van der Waals surface area contributed by atoms with E-state index in [1.165, 1.54) is 6.33 Å². The third-order valence-electron chi connectivity index (χ3n) is 2.69. The second kappa shape index (κ2) is 5.62. The zero-order valence-corrected chi connectivity index (χ0v) is 11.1. The van der Waals surface area contributed by atoms with E-state index in [1.807, 2.05) is 13.8 Å². The van der Waals surface area contributed by atoms with Gasteiger partial charge in [-0.1, -0.05) is 37.0 Å². The number of halogens is 2.